The lowest BCUT2D eigenvalue weighted by atomic mass is 10.2. The van der Waals surface area contributed by atoms with Gasteiger partial charge in [0.1, 0.15) is 5.65 Å². The molecule has 0 aliphatic heterocycles. The van der Waals surface area contributed by atoms with Gasteiger partial charge in [-0.25, -0.2) is 9.97 Å². The summed E-state index contributed by atoms with van der Waals surface area (Å²) in [6, 6.07) is 3.52. The molecule has 18 heavy (non-hydrogen) atoms. The molecule has 3 aromatic heterocycles. The first kappa shape index (κ1) is 10.9. The molecule has 0 radical (unpaired) electrons. The summed E-state index contributed by atoms with van der Waals surface area (Å²) in [5.74, 6) is -0.173. The van der Waals surface area contributed by atoms with Gasteiger partial charge >= 0.3 is 0 Å². The number of amides is 1. The highest BCUT2D eigenvalue weighted by Crippen LogP contribution is 2.13. The van der Waals surface area contributed by atoms with Gasteiger partial charge in [0, 0.05) is 29.5 Å². The molecule has 0 unspecified atom stereocenters. The smallest absolute Gasteiger partial charge is 0.257 e. The molecule has 0 saturated carbocycles. The van der Waals surface area contributed by atoms with Crippen molar-refractivity contribution in [3.05, 3.63) is 47.4 Å². The SMILES string of the molecule is Cc1cn2ccc(C(=O)Nc3nccs3)cc2n1. The van der Waals surface area contributed by atoms with Crippen LogP contribution in [0.5, 0.6) is 0 Å². The van der Waals surface area contributed by atoms with Crippen LogP contribution in [-0.2, 0) is 0 Å². The number of hydrogen-bond acceptors (Lipinski definition) is 4. The van der Waals surface area contributed by atoms with E-state index < -0.39 is 0 Å². The summed E-state index contributed by atoms with van der Waals surface area (Å²) < 4.78 is 1.88. The van der Waals surface area contributed by atoms with Crippen molar-refractivity contribution in [2.75, 3.05) is 5.32 Å². The van der Waals surface area contributed by atoms with Crippen molar-refractivity contribution in [3.63, 3.8) is 0 Å². The fraction of sp³-hybridized carbons (Fsp3) is 0.0833. The summed E-state index contributed by atoms with van der Waals surface area (Å²) in [6.07, 6.45) is 5.39. The number of pyridine rings is 1. The molecule has 5 nitrogen and oxygen atoms in total. The van der Waals surface area contributed by atoms with Crippen LogP contribution in [0.2, 0.25) is 0 Å². The van der Waals surface area contributed by atoms with E-state index in [2.05, 4.69) is 15.3 Å². The molecule has 0 saturated heterocycles. The van der Waals surface area contributed by atoms with Crippen molar-refractivity contribution in [3.8, 4) is 0 Å². The second kappa shape index (κ2) is 4.23. The van der Waals surface area contributed by atoms with E-state index >= 15 is 0 Å². The highest BCUT2D eigenvalue weighted by molar-refractivity contribution is 7.13. The molecule has 90 valence electrons. The minimum Gasteiger partial charge on any atom is -0.307 e. The van der Waals surface area contributed by atoms with Gasteiger partial charge in [-0.3, -0.25) is 10.1 Å². The number of nitrogens with zero attached hydrogens (tertiary/aromatic N) is 3. The third-order valence-corrected chi connectivity index (χ3v) is 3.18. The van der Waals surface area contributed by atoms with Gasteiger partial charge in [-0.2, -0.15) is 0 Å². The summed E-state index contributed by atoms with van der Waals surface area (Å²) in [4.78, 5) is 20.3. The van der Waals surface area contributed by atoms with Gasteiger partial charge in [0.05, 0.1) is 5.69 Å². The van der Waals surface area contributed by atoms with E-state index in [4.69, 9.17) is 0 Å². The van der Waals surface area contributed by atoms with Crippen LogP contribution >= 0.6 is 11.3 Å². The third kappa shape index (κ3) is 1.98. The Labute approximate surface area is 107 Å². The number of hydrogen-bond donors (Lipinski definition) is 1. The predicted octanol–water partition coefficient (Wildman–Crippen LogP) is 2.35. The zero-order chi connectivity index (χ0) is 12.5. The standard InChI is InChI=1S/C12H10N4OS/c1-8-7-16-4-2-9(6-10(16)14-8)11(17)15-12-13-3-5-18-12/h2-7H,1H3,(H,13,15,17). The van der Waals surface area contributed by atoms with Crippen LogP contribution in [0.25, 0.3) is 5.65 Å². The Hall–Kier alpha value is -2.21. The number of carbonyl (C=O) groups excluding carboxylic acids is 1. The van der Waals surface area contributed by atoms with E-state index in [1.165, 1.54) is 11.3 Å². The predicted molar refractivity (Wildman–Crippen MR) is 70.0 cm³/mol. The van der Waals surface area contributed by atoms with Gasteiger partial charge in [0.25, 0.3) is 5.91 Å². The molecule has 0 aliphatic rings. The van der Waals surface area contributed by atoms with Gasteiger partial charge in [-0.15, -0.1) is 11.3 Å². The molecule has 0 aliphatic carbocycles. The summed E-state index contributed by atoms with van der Waals surface area (Å²) in [6.45, 7) is 1.92. The van der Waals surface area contributed by atoms with Crippen molar-refractivity contribution >= 4 is 28.0 Å². The average Bonchev–Trinajstić information content (AvgIpc) is 2.95. The summed E-state index contributed by atoms with van der Waals surface area (Å²) >= 11 is 1.39. The fourth-order valence-corrected chi connectivity index (χ4v) is 2.23. The zero-order valence-electron chi connectivity index (χ0n) is 9.62. The van der Waals surface area contributed by atoms with Crippen LogP contribution in [-0.4, -0.2) is 20.3 Å². The summed E-state index contributed by atoms with van der Waals surface area (Å²) in [5.41, 5.74) is 2.26. The fourth-order valence-electron chi connectivity index (χ4n) is 1.70. The van der Waals surface area contributed by atoms with Crippen LogP contribution in [0, 0.1) is 6.92 Å². The second-order valence-electron chi connectivity index (χ2n) is 3.85. The number of rotatable bonds is 2. The molecule has 1 amide bonds. The normalized spacial score (nSPS) is 10.7. The van der Waals surface area contributed by atoms with Gasteiger partial charge < -0.3 is 4.40 Å². The van der Waals surface area contributed by atoms with Crippen LogP contribution in [0.1, 0.15) is 16.1 Å². The van der Waals surface area contributed by atoms with Gasteiger partial charge in [0.15, 0.2) is 5.13 Å². The molecule has 0 bridgehead atoms. The van der Waals surface area contributed by atoms with Gasteiger partial charge in [0.2, 0.25) is 0 Å². The molecule has 0 atom stereocenters. The lowest BCUT2D eigenvalue weighted by Gasteiger charge is -2.01. The molecule has 0 aromatic carbocycles. The summed E-state index contributed by atoms with van der Waals surface area (Å²) in [5, 5.41) is 5.15. The first-order valence-electron chi connectivity index (χ1n) is 5.38. The highest BCUT2D eigenvalue weighted by atomic mass is 32.1. The Morgan fingerprint density at radius 2 is 2.39 bits per heavy atom. The second-order valence-corrected chi connectivity index (χ2v) is 4.75. The molecule has 3 aromatic rings. The minimum atomic E-state index is -0.173. The molecule has 0 spiro atoms. The monoisotopic (exact) mass is 258 g/mol. The molecule has 3 heterocycles. The molecular formula is C12H10N4OS. The number of anilines is 1. The van der Waals surface area contributed by atoms with E-state index in [-0.39, 0.29) is 5.91 Å². The van der Waals surface area contributed by atoms with E-state index in [9.17, 15) is 4.79 Å². The Bertz CT molecular complexity index is 702. The van der Waals surface area contributed by atoms with Crippen molar-refractivity contribution in [2.24, 2.45) is 0 Å². The van der Waals surface area contributed by atoms with Crippen molar-refractivity contribution < 1.29 is 4.79 Å². The topological polar surface area (TPSA) is 59.3 Å². The highest BCUT2D eigenvalue weighted by Gasteiger charge is 2.09. The van der Waals surface area contributed by atoms with Crippen molar-refractivity contribution in [1.29, 1.82) is 0 Å². The number of aromatic nitrogens is 3. The average molecular weight is 258 g/mol. The zero-order valence-corrected chi connectivity index (χ0v) is 10.4. The van der Waals surface area contributed by atoms with Crippen LogP contribution < -0.4 is 5.32 Å². The van der Waals surface area contributed by atoms with E-state index in [0.29, 0.717) is 10.7 Å². The molecule has 1 N–H and O–H groups in total. The lowest BCUT2D eigenvalue weighted by Crippen LogP contribution is -2.11. The molecular weight excluding hydrogens is 248 g/mol. The number of aryl methyl sites for hydroxylation is 1. The van der Waals surface area contributed by atoms with Gasteiger partial charge in [-0.1, -0.05) is 0 Å². The Kier molecular flexibility index (Phi) is 2.56. The number of carbonyl (C=O) groups is 1. The lowest BCUT2D eigenvalue weighted by molar-refractivity contribution is 0.102. The van der Waals surface area contributed by atoms with E-state index in [1.54, 1.807) is 18.3 Å². The van der Waals surface area contributed by atoms with Gasteiger partial charge in [-0.05, 0) is 19.1 Å². The molecule has 3 rings (SSSR count). The maximum absolute atomic E-state index is 12.0. The van der Waals surface area contributed by atoms with Crippen molar-refractivity contribution in [1.82, 2.24) is 14.4 Å². The Morgan fingerprint density at radius 3 is 3.17 bits per heavy atom. The van der Waals surface area contributed by atoms with E-state index in [1.807, 2.05) is 29.1 Å². The largest absolute Gasteiger partial charge is 0.307 e. The van der Waals surface area contributed by atoms with E-state index in [0.717, 1.165) is 11.3 Å². The quantitative estimate of drug-likeness (QED) is 0.767. The number of fused-ring (bicyclic) bond motifs is 1. The molecule has 0 fully saturated rings. The Morgan fingerprint density at radius 1 is 1.50 bits per heavy atom. The molecule has 6 heteroatoms. The van der Waals surface area contributed by atoms with Crippen LogP contribution in [0.4, 0.5) is 5.13 Å². The van der Waals surface area contributed by atoms with Crippen LogP contribution in [0.3, 0.4) is 0 Å². The Balaban J connectivity index is 1.91. The minimum absolute atomic E-state index is 0.173. The maximum Gasteiger partial charge on any atom is 0.257 e. The number of imidazole rings is 1. The maximum atomic E-state index is 12.0. The number of thiazole rings is 1. The van der Waals surface area contributed by atoms with Crippen molar-refractivity contribution in [2.45, 2.75) is 6.92 Å². The first-order chi connectivity index (χ1) is 8.72. The van der Waals surface area contributed by atoms with Crippen LogP contribution in [0.15, 0.2) is 36.1 Å². The summed E-state index contributed by atoms with van der Waals surface area (Å²) in [7, 11) is 0. The number of nitrogens with one attached hydrogen (secondary N) is 1. The third-order valence-electron chi connectivity index (χ3n) is 2.50. The first-order valence-corrected chi connectivity index (χ1v) is 6.26.